The Morgan fingerprint density at radius 2 is 1.39 bits per heavy atom. The number of halogens is 3. The minimum absolute atomic E-state index is 0.281. The minimum Gasteiger partial charge on any atom is -0.422 e. The molecule has 0 unspecified atom stereocenters. The Morgan fingerprint density at radius 3 is 1.89 bits per heavy atom. The van der Waals surface area contributed by atoms with Gasteiger partial charge in [-0.1, -0.05) is 15.9 Å². The molecule has 0 aliphatic rings. The van der Waals surface area contributed by atoms with E-state index in [2.05, 4.69) is 62.7 Å². The molecule has 0 radical (unpaired) electrons. The molecule has 1 aromatic heterocycles. The third kappa shape index (κ3) is 3.27. The van der Waals surface area contributed by atoms with Crippen LogP contribution in [0.1, 0.15) is 11.6 Å². The average Bonchev–Trinajstić information content (AvgIpc) is 2.22. The predicted octanol–water partition coefficient (Wildman–Crippen LogP) is 4.57. The van der Waals surface area contributed by atoms with Gasteiger partial charge in [-0.05, 0) is 57.8 Å². The summed E-state index contributed by atoms with van der Waals surface area (Å²) in [4.78, 5) is 12.4. The molecule has 4 nitrogen and oxygen atoms in total. The van der Waals surface area contributed by atoms with Crippen molar-refractivity contribution in [2.24, 2.45) is 0 Å². The van der Waals surface area contributed by atoms with Crippen molar-refractivity contribution in [2.75, 3.05) is 0 Å². The first-order chi connectivity index (χ1) is 8.45. The fourth-order valence-electron chi connectivity index (χ4n) is 1.35. The molecule has 0 bridgehead atoms. The topological polar surface area (TPSA) is 47.9 Å². The number of benzene rings is 1. The maximum Gasteiger partial charge on any atom is 0.325 e. The molecule has 0 fully saturated rings. The maximum absolute atomic E-state index is 5.68. The van der Waals surface area contributed by atoms with Gasteiger partial charge in [0.1, 0.15) is 11.6 Å². The molecule has 0 saturated carbocycles. The highest BCUT2D eigenvalue weighted by Crippen LogP contribution is 2.38. The third-order valence-electron chi connectivity index (χ3n) is 1.99. The van der Waals surface area contributed by atoms with Crippen LogP contribution in [0.2, 0.25) is 0 Å². The lowest BCUT2D eigenvalue weighted by molar-refractivity contribution is 0.430. The largest absolute Gasteiger partial charge is 0.422 e. The van der Waals surface area contributed by atoms with Crippen LogP contribution >= 0.6 is 47.8 Å². The van der Waals surface area contributed by atoms with Gasteiger partial charge in [0, 0.05) is 4.47 Å². The molecule has 2 rings (SSSR count). The second-order valence-corrected chi connectivity index (χ2v) is 6.14. The standard InChI is InChI=1S/C11H8Br3N3O/c1-5-15-6(2)17-11(16-5)18-10-8(13)3-7(12)4-9(10)14/h3-4H,1-2H3. The Labute approximate surface area is 130 Å². The number of hydrogen-bond acceptors (Lipinski definition) is 4. The monoisotopic (exact) mass is 435 g/mol. The zero-order valence-electron chi connectivity index (χ0n) is 9.54. The molecule has 18 heavy (non-hydrogen) atoms. The number of aryl methyl sites for hydroxylation is 2. The highest BCUT2D eigenvalue weighted by atomic mass is 79.9. The Hall–Kier alpha value is -0.530. The van der Waals surface area contributed by atoms with Crippen molar-refractivity contribution in [1.29, 1.82) is 0 Å². The first-order valence-electron chi connectivity index (χ1n) is 4.97. The van der Waals surface area contributed by atoms with Crippen LogP contribution < -0.4 is 4.74 Å². The Balaban J connectivity index is 2.40. The van der Waals surface area contributed by atoms with Crippen molar-refractivity contribution >= 4 is 47.8 Å². The highest BCUT2D eigenvalue weighted by Gasteiger charge is 2.11. The fraction of sp³-hybridized carbons (Fsp3) is 0.182. The Bertz CT molecular complexity index is 561. The molecule has 0 spiro atoms. The maximum atomic E-state index is 5.68. The third-order valence-corrected chi connectivity index (χ3v) is 3.63. The first kappa shape index (κ1) is 13.9. The van der Waals surface area contributed by atoms with Crippen LogP contribution in [0.4, 0.5) is 0 Å². The summed E-state index contributed by atoms with van der Waals surface area (Å²) in [5.41, 5.74) is 0. The van der Waals surface area contributed by atoms with E-state index >= 15 is 0 Å². The van der Waals surface area contributed by atoms with Crippen LogP contribution in [-0.4, -0.2) is 15.0 Å². The van der Waals surface area contributed by atoms with E-state index in [1.54, 1.807) is 13.8 Å². The van der Waals surface area contributed by atoms with E-state index < -0.39 is 0 Å². The van der Waals surface area contributed by atoms with Crippen molar-refractivity contribution < 1.29 is 4.74 Å². The van der Waals surface area contributed by atoms with E-state index in [0.717, 1.165) is 13.4 Å². The highest BCUT2D eigenvalue weighted by molar-refractivity contribution is 9.11. The van der Waals surface area contributed by atoms with Gasteiger partial charge in [0.2, 0.25) is 0 Å². The number of nitrogens with zero attached hydrogens (tertiary/aromatic N) is 3. The summed E-state index contributed by atoms with van der Waals surface area (Å²) in [6.45, 7) is 3.60. The molecule has 0 saturated heterocycles. The summed E-state index contributed by atoms with van der Waals surface area (Å²) in [5.74, 6) is 1.88. The molecule has 0 aliphatic heterocycles. The van der Waals surface area contributed by atoms with Gasteiger partial charge < -0.3 is 4.74 Å². The van der Waals surface area contributed by atoms with Crippen LogP contribution in [0.3, 0.4) is 0 Å². The second kappa shape index (κ2) is 5.63. The van der Waals surface area contributed by atoms with E-state index in [0.29, 0.717) is 17.4 Å². The first-order valence-corrected chi connectivity index (χ1v) is 7.35. The van der Waals surface area contributed by atoms with Gasteiger partial charge in [-0.3, -0.25) is 0 Å². The quantitative estimate of drug-likeness (QED) is 0.690. The SMILES string of the molecule is Cc1nc(C)nc(Oc2c(Br)cc(Br)cc2Br)n1. The average molecular weight is 438 g/mol. The van der Waals surface area contributed by atoms with Gasteiger partial charge in [0.05, 0.1) is 8.95 Å². The van der Waals surface area contributed by atoms with Crippen molar-refractivity contribution in [3.8, 4) is 11.8 Å². The van der Waals surface area contributed by atoms with E-state index in [1.807, 2.05) is 12.1 Å². The van der Waals surface area contributed by atoms with Crippen LogP contribution in [0.25, 0.3) is 0 Å². The summed E-state index contributed by atoms with van der Waals surface area (Å²) >= 11 is 10.3. The van der Waals surface area contributed by atoms with Gasteiger partial charge in [-0.25, -0.2) is 4.98 Å². The lowest BCUT2D eigenvalue weighted by Gasteiger charge is -2.09. The van der Waals surface area contributed by atoms with Gasteiger partial charge in [-0.15, -0.1) is 0 Å². The van der Waals surface area contributed by atoms with E-state index in [-0.39, 0.29) is 6.01 Å². The molecule has 0 N–H and O–H groups in total. The summed E-state index contributed by atoms with van der Waals surface area (Å²) < 4.78 is 8.23. The summed E-state index contributed by atoms with van der Waals surface area (Å²) in [6.07, 6.45) is 0. The summed E-state index contributed by atoms with van der Waals surface area (Å²) in [6, 6.07) is 4.06. The van der Waals surface area contributed by atoms with E-state index in [1.165, 1.54) is 0 Å². The van der Waals surface area contributed by atoms with Crippen molar-refractivity contribution in [3.05, 3.63) is 37.2 Å². The van der Waals surface area contributed by atoms with Crippen LogP contribution in [0.15, 0.2) is 25.6 Å². The molecule has 0 aliphatic carbocycles. The molecular formula is C11H8Br3N3O. The normalized spacial score (nSPS) is 10.5. The number of hydrogen-bond donors (Lipinski definition) is 0. The number of aromatic nitrogens is 3. The van der Waals surface area contributed by atoms with Crippen molar-refractivity contribution in [3.63, 3.8) is 0 Å². The van der Waals surface area contributed by atoms with E-state index in [9.17, 15) is 0 Å². The number of rotatable bonds is 2. The molecule has 1 aromatic carbocycles. The van der Waals surface area contributed by atoms with Crippen molar-refractivity contribution in [1.82, 2.24) is 15.0 Å². The van der Waals surface area contributed by atoms with E-state index in [4.69, 9.17) is 4.74 Å². The lowest BCUT2D eigenvalue weighted by atomic mass is 10.3. The van der Waals surface area contributed by atoms with Crippen molar-refractivity contribution in [2.45, 2.75) is 13.8 Å². The van der Waals surface area contributed by atoms with Gasteiger partial charge >= 0.3 is 6.01 Å². The Kier molecular flexibility index (Phi) is 4.34. The van der Waals surface area contributed by atoms with Crippen LogP contribution in [-0.2, 0) is 0 Å². The van der Waals surface area contributed by atoms with Gasteiger partial charge in [0.15, 0.2) is 5.75 Å². The molecule has 2 aromatic rings. The summed E-state index contributed by atoms with van der Waals surface area (Å²) in [7, 11) is 0. The molecule has 1 heterocycles. The Morgan fingerprint density at radius 1 is 0.889 bits per heavy atom. The zero-order chi connectivity index (χ0) is 13.3. The second-order valence-electron chi connectivity index (χ2n) is 3.51. The summed E-state index contributed by atoms with van der Waals surface area (Å²) in [5, 5.41) is 0. The van der Waals surface area contributed by atoms with Crippen LogP contribution in [0, 0.1) is 13.8 Å². The molecule has 0 atom stereocenters. The molecule has 94 valence electrons. The molecule has 7 heteroatoms. The fourth-order valence-corrected chi connectivity index (χ4v) is 3.77. The molecular weight excluding hydrogens is 430 g/mol. The van der Waals surface area contributed by atoms with Gasteiger partial charge in [-0.2, -0.15) is 9.97 Å². The zero-order valence-corrected chi connectivity index (χ0v) is 14.3. The predicted molar refractivity (Wildman–Crippen MR) is 78.9 cm³/mol. The lowest BCUT2D eigenvalue weighted by Crippen LogP contribution is -2.00. The smallest absolute Gasteiger partial charge is 0.325 e. The van der Waals surface area contributed by atoms with Gasteiger partial charge in [0.25, 0.3) is 0 Å². The minimum atomic E-state index is 0.281. The molecule has 0 amide bonds. The number of ether oxygens (including phenoxy) is 1. The van der Waals surface area contributed by atoms with Crippen LogP contribution in [0.5, 0.6) is 11.8 Å².